The SMILES string of the molecule is Cc1ccc(S(=O)N[C@](C)(C[N+](=O)[O-])C(C)C)cc1. The highest BCUT2D eigenvalue weighted by atomic mass is 32.2. The van der Waals surface area contributed by atoms with E-state index in [-0.39, 0.29) is 17.4 Å². The van der Waals surface area contributed by atoms with Crippen LogP contribution in [0.25, 0.3) is 0 Å². The molecule has 19 heavy (non-hydrogen) atoms. The van der Waals surface area contributed by atoms with E-state index in [1.807, 2.05) is 32.9 Å². The Morgan fingerprint density at radius 1 is 1.37 bits per heavy atom. The minimum absolute atomic E-state index is 0.00713. The number of benzene rings is 1. The van der Waals surface area contributed by atoms with Gasteiger partial charge in [-0.2, -0.15) is 0 Å². The number of nitrogens with one attached hydrogen (secondary N) is 1. The van der Waals surface area contributed by atoms with Crippen molar-refractivity contribution in [1.29, 1.82) is 0 Å². The Bertz CT molecular complexity index is 473. The van der Waals surface area contributed by atoms with Crippen molar-refractivity contribution in [3.05, 3.63) is 39.9 Å². The van der Waals surface area contributed by atoms with Crippen molar-refractivity contribution in [2.45, 2.75) is 38.1 Å². The lowest BCUT2D eigenvalue weighted by molar-refractivity contribution is -0.491. The van der Waals surface area contributed by atoms with Gasteiger partial charge in [0.05, 0.1) is 10.4 Å². The van der Waals surface area contributed by atoms with E-state index in [1.165, 1.54) is 0 Å². The van der Waals surface area contributed by atoms with Gasteiger partial charge >= 0.3 is 0 Å². The molecular weight excluding hydrogens is 264 g/mol. The first-order chi connectivity index (χ1) is 8.74. The van der Waals surface area contributed by atoms with Gasteiger partial charge in [0.2, 0.25) is 6.54 Å². The summed E-state index contributed by atoms with van der Waals surface area (Å²) in [6, 6.07) is 7.28. The molecule has 0 fully saturated rings. The van der Waals surface area contributed by atoms with Crippen LogP contribution in [-0.4, -0.2) is 21.2 Å². The summed E-state index contributed by atoms with van der Waals surface area (Å²) >= 11 is 0. The molecule has 1 N–H and O–H groups in total. The normalized spacial score (nSPS) is 16.1. The van der Waals surface area contributed by atoms with Gasteiger partial charge in [0.15, 0.2) is 0 Å². The van der Waals surface area contributed by atoms with Crippen molar-refractivity contribution in [2.75, 3.05) is 6.54 Å². The van der Waals surface area contributed by atoms with Gasteiger partial charge in [-0.25, -0.2) is 8.93 Å². The Balaban J connectivity index is 2.88. The first-order valence-electron chi connectivity index (χ1n) is 6.12. The summed E-state index contributed by atoms with van der Waals surface area (Å²) < 4.78 is 15.1. The first-order valence-corrected chi connectivity index (χ1v) is 7.27. The summed E-state index contributed by atoms with van der Waals surface area (Å²) in [7, 11) is -1.45. The van der Waals surface area contributed by atoms with Gasteiger partial charge in [0.25, 0.3) is 0 Å². The van der Waals surface area contributed by atoms with Crippen LogP contribution >= 0.6 is 0 Å². The zero-order valence-corrected chi connectivity index (χ0v) is 12.5. The first kappa shape index (κ1) is 15.8. The number of hydrogen-bond donors (Lipinski definition) is 1. The molecule has 0 aliphatic carbocycles. The zero-order chi connectivity index (χ0) is 14.6. The lowest BCUT2D eigenvalue weighted by Gasteiger charge is -2.30. The van der Waals surface area contributed by atoms with Gasteiger partial charge in [0.1, 0.15) is 11.0 Å². The molecule has 2 atom stereocenters. The Morgan fingerprint density at radius 2 is 1.89 bits per heavy atom. The standard InChI is InChI=1S/C13H20N2O3S/c1-10(2)13(4,9-15(16)17)14-19(18)12-7-5-11(3)6-8-12/h5-8,10,14H,9H2,1-4H3/t13-,19?/m1/s1. The fourth-order valence-corrected chi connectivity index (χ4v) is 2.76. The summed E-state index contributed by atoms with van der Waals surface area (Å²) in [6.07, 6.45) is 0. The van der Waals surface area contributed by atoms with Gasteiger partial charge in [-0.1, -0.05) is 31.5 Å². The predicted octanol–water partition coefficient (Wildman–Crippen LogP) is 2.30. The molecule has 0 radical (unpaired) electrons. The van der Waals surface area contributed by atoms with Crippen LogP contribution in [-0.2, 0) is 11.0 Å². The third-order valence-electron chi connectivity index (χ3n) is 3.29. The molecule has 1 unspecified atom stereocenters. The van der Waals surface area contributed by atoms with Crippen LogP contribution in [0, 0.1) is 23.0 Å². The molecule has 106 valence electrons. The van der Waals surface area contributed by atoms with Crippen molar-refractivity contribution in [3.8, 4) is 0 Å². The Kier molecular flexibility index (Phi) is 5.20. The van der Waals surface area contributed by atoms with E-state index in [4.69, 9.17) is 0 Å². The lowest BCUT2D eigenvalue weighted by atomic mass is 9.90. The molecule has 1 aromatic carbocycles. The molecule has 0 aliphatic heterocycles. The van der Waals surface area contributed by atoms with Crippen LogP contribution in [0.15, 0.2) is 29.2 Å². The van der Waals surface area contributed by atoms with Crippen molar-refractivity contribution >= 4 is 11.0 Å². The zero-order valence-electron chi connectivity index (χ0n) is 11.7. The number of aryl methyl sites for hydroxylation is 1. The van der Waals surface area contributed by atoms with Crippen molar-refractivity contribution < 1.29 is 9.13 Å². The summed E-state index contributed by atoms with van der Waals surface area (Å²) in [5, 5.41) is 10.7. The fourth-order valence-electron chi connectivity index (χ4n) is 1.53. The van der Waals surface area contributed by atoms with Crippen LogP contribution in [0.2, 0.25) is 0 Å². The smallest absolute Gasteiger partial charge is 0.222 e. The maximum atomic E-state index is 12.2. The number of rotatable bonds is 6. The molecule has 0 aliphatic rings. The highest BCUT2D eigenvalue weighted by Gasteiger charge is 2.35. The van der Waals surface area contributed by atoms with Gasteiger partial charge in [-0.3, -0.25) is 10.1 Å². The van der Waals surface area contributed by atoms with Crippen LogP contribution in [0.5, 0.6) is 0 Å². The minimum atomic E-state index is -1.45. The Hall–Kier alpha value is -1.27. The Labute approximate surface area is 116 Å². The Morgan fingerprint density at radius 3 is 2.32 bits per heavy atom. The minimum Gasteiger partial charge on any atom is -0.264 e. The van der Waals surface area contributed by atoms with E-state index in [1.54, 1.807) is 19.1 Å². The van der Waals surface area contributed by atoms with Crippen LogP contribution in [0.3, 0.4) is 0 Å². The topological polar surface area (TPSA) is 72.2 Å². The van der Waals surface area contributed by atoms with E-state index in [2.05, 4.69) is 4.72 Å². The maximum Gasteiger partial charge on any atom is 0.222 e. The average Bonchev–Trinajstić information content (AvgIpc) is 2.28. The molecule has 1 aromatic rings. The molecular formula is C13H20N2O3S. The predicted molar refractivity (Wildman–Crippen MR) is 75.8 cm³/mol. The monoisotopic (exact) mass is 284 g/mol. The molecule has 5 nitrogen and oxygen atoms in total. The number of hydrogen-bond acceptors (Lipinski definition) is 3. The molecule has 0 amide bonds. The van der Waals surface area contributed by atoms with E-state index in [9.17, 15) is 14.3 Å². The highest BCUT2D eigenvalue weighted by Crippen LogP contribution is 2.19. The van der Waals surface area contributed by atoms with Gasteiger partial charge < -0.3 is 0 Å². The second-order valence-corrected chi connectivity index (χ2v) is 6.46. The van der Waals surface area contributed by atoms with Crippen molar-refractivity contribution in [2.24, 2.45) is 5.92 Å². The molecule has 0 aromatic heterocycles. The quantitative estimate of drug-likeness (QED) is 0.643. The molecule has 6 heteroatoms. The molecule has 0 saturated heterocycles. The summed E-state index contributed by atoms with van der Waals surface area (Å²) in [6.45, 7) is 7.17. The van der Waals surface area contributed by atoms with Gasteiger partial charge in [0, 0.05) is 4.92 Å². The van der Waals surface area contributed by atoms with E-state index >= 15 is 0 Å². The molecule has 0 bridgehead atoms. The van der Waals surface area contributed by atoms with Crippen LogP contribution in [0.1, 0.15) is 26.3 Å². The second-order valence-electron chi connectivity index (χ2n) is 5.25. The van der Waals surface area contributed by atoms with Crippen LogP contribution < -0.4 is 4.72 Å². The largest absolute Gasteiger partial charge is 0.264 e. The third-order valence-corrected chi connectivity index (χ3v) is 4.64. The maximum absolute atomic E-state index is 12.2. The molecule has 0 saturated carbocycles. The summed E-state index contributed by atoms with van der Waals surface area (Å²) in [5.41, 5.74) is 0.275. The van der Waals surface area contributed by atoms with E-state index < -0.39 is 16.5 Å². The average molecular weight is 284 g/mol. The number of nitro groups is 1. The highest BCUT2D eigenvalue weighted by molar-refractivity contribution is 7.83. The molecule has 1 rings (SSSR count). The van der Waals surface area contributed by atoms with Crippen molar-refractivity contribution in [1.82, 2.24) is 4.72 Å². The van der Waals surface area contributed by atoms with Gasteiger partial charge in [-0.15, -0.1) is 0 Å². The second kappa shape index (κ2) is 6.25. The third kappa shape index (κ3) is 4.40. The summed E-state index contributed by atoms with van der Waals surface area (Å²) in [5.74, 6) is -0.00713. The number of nitrogens with zero attached hydrogens (tertiary/aromatic N) is 1. The van der Waals surface area contributed by atoms with Crippen LogP contribution in [0.4, 0.5) is 0 Å². The summed E-state index contributed by atoms with van der Waals surface area (Å²) in [4.78, 5) is 11.0. The fraction of sp³-hybridized carbons (Fsp3) is 0.538. The van der Waals surface area contributed by atoms with Crippen molar-refractivity contribution in [3.63, 3.8) is 0 Å². The van der Waals surface area contributed by atoms with E-state index in [0.717, 1.165) is 5.56 Å². The van der Waals surface area contributed by atoms with Gasteiger partial charge in [-0.05, 0) is 31.9 Å². The lowest BCUT2D eigenvalue weighted by Crippen LogP contribution is -2.52. The van der Waals surface area contributed by atoms with E-state index in [0.29, 0.717) is 4.90 Å². The molecule has 0 spiro atoms. The molecule has 0 heterocycles.